The number of carbonyl (C=O) groups is 2. The number of ketones is 1. The number of aliphatic hydroxyl groups excluding tert-OH is 1. The van der Waals surface area contributed by atoms with Crippen LogP contribution in [0.25, 0.3) is 0 Å². The number of aliphatic hydroxyl groups is 1. The number of rotatable bonds is 11. The Morgan fingerprint density at radius 1 is 1.00 bits per heavy atom. The van der Waals surface area contributed by atoms with Crippen LogP contribution in [0.1, 0.15) is 63.0 Å². The first-order valence-corrected chi connectivity index (χ1v) is 12.8. The lowest BCUT2D eigenvalue weighted by atomic mass is 9.92. The number of benzene rings is 1. The van der Waals surface area contributed by atoms with Crippen molar-refractivity contribution in [1.82, 2.24) is 10.2 Å². The maximum absolute atomic E-state index is 12.8. The summed E-state index contributed by atoms with van der Waals surface area (Å²) >= 11 is 0. The van der Waals surface area contributed by atoms with Gasteiger partial charge in [-0.15, -0.1) is 0 Å². The molecule has 1 aromatic carbocycles. The van der Waals surface area contributed by atoms with Crippen molar-refractivity contribution >= 4 is 11.7 Å². The molecule has 2 saturated heterocycles. The maximum atomic E-state index is 12.8. The Labute approximate surface area is 201 Å². The number of nitrogens with zero attached hydrogens (tertiary/aromatic N) is 1. The SMILES string of the molecule is O=C(CCCCC(=O)C1CCOCC1)NC(CN1CCCC1)C(O)c1ccc2c(c1)OCCO2. The van der Waals surface area contributed by atoms with Crippen LogP contribution in [-0.2, 0) is 14.3 Å². The van der Waals surface area contributed by atoms with Gasteiger partial charge in [-0.3, -0.25) is 9.59 Å². The van der Waals surface area contributed by atoms with Gasteiger partial charge in [-0.25, -0.2) is 0 Å². The predicted molar refractivity (Wildman–Crippen MR) is 127 cm³/mol. The Kier molecular flexibility index (Phi) is 9.18. The van der Waals surface area contributed by atoms with Crippen LogP contribution in [0.5, 0.6) is 11.5 Å². The summed E-state index contributed by atoms with van der Waals surface area (Å²) in [6.45, 7) is 4.90. The van der Waals surface area contributed by atoms with E-state index in [1.165, 1.54) is 0 Å². The van der Waals surface area contributed by atoms with Crippen LogP contribution in [0.3, 0.4) is 0 Å². The minimum absolute atomic E-state index is 0.0840. The molecule has 0 radical (unpaired) electrons. The number of carbonyl (C=O) groups excluding carboxylic acids is 2. The van der Waals surface area contributed by atoms with Crippen LogP contribution in [0.2, 0.25) is 0 Å². The lowest BCUT2D eigenvalue weighted by Crippen LogP contribution is -2.46. The van der Waals surface area contributed by atoms with E-state index in [0.717, 1.165) is 38.8 Å². The first kappa shape index (κ1) is 24.9. The van der Waals surface area contributed by atoms with Gasteiger partial charge in [0, 0.05) is 38.5 Å². The van der Waals surface area contributed by atoms with Crippen molar-refractivity contribution in [2.45, 2.75) is 63.5 Å². The Bertz CT molecular complexity index is 820. The molecular formula is C26H38N2O6. The van der Waals surface area contributed by atoms with E-state index in [-0.39, 0.29) is 11.8 Å². The number of ether oxygens (including phenoxy) is 3. The molecule has 2 atom stereocenters. The molecule has 0 spiro atoms. The number of unbranched alkanes of at least 4 members (excludes halogenated alkanes) is 1. The highest BCUT2D eigenvalue weighted by Gasteiger charge is 2.28. The molecule has 8 nitrogen and oxygen atoms in total. The minimum Gasteiger partial charge on any atom is -0.486 e. The van der Waals surface area contributed by atoms with E-state index in [2.05, 4.69) is 10.2 Å². The molecule has 0 bridgehead atoms. The van der Waals surface area contributed by atoms with Crippen molar-refractivity contribution in [2.24, 2.45) is 5.92 Å². The van der Waals surface area contributed by atoms with Crippen LogP contribution < -0.4 is 14.8 Å². The summed E-state index contributed by atoms with van der Waals surface area (Å²) in [7, 11) is 0. The highest BCUT2D eigenvalue weighted by Crippen LogP contribution is 2.33. The summed E-state index contributed by atoms with van der Waals surface area (Å²) < 4.78 is 16.6. The van der Waals surface area contributed by atoms with Gasteiger partial charge < -0.3 is 29.5 Å². The quantitative estimate of drug-likeness (QED) is 0.476. The van der Waals surface area contributed by atoms with Crippen molar-refractivity contribution in [1.29, 1.82) is 0 Å². The second kappa shape index (κ2) is 12.5. The summed E-state index contributed by atoms with van der Waals surface area (Å²) in [6.07, 6.45) is 5.31. The van der Waals surface area contributed by atoms with Gasteiger partial charge in [0.2, 0.25) is 5.91 Å². The van der Waals surface area contributed by atoms with Gasteiger partial charge in [0.1, 0.15) is 25.1 Å². The summed E-state index contributed by atoms with van der Waals surface area (Å²) in [5.41, 5.74) is 0.704. The Hall–Kier alpha value is -2.16. The number of hydrogen-bond donors (Lipinski definition) is 2. The van der Waals surface area contributed by atoms with E-state index in [9.17, 15) is 14.7 Å². The lowest BCUT2D eigenvalue weighted by molar-refractivity contribution is -0.126. The largest absolute Gasteiger partial charge is 0.486 e. The van der Waals surface area contributed by atoms with Crippen molar-refractivity contribution in [2.75, 3.05) is 46.1 Å². The van der Waals surface area contributed by atoms with E-state index >= 15 is 0 Å². The van der Waals surface area contributed by atoms with E-state index < -0.39 is 12.1 Å². The zero-order valence-corrected chi connectivity index (χ0v) is 20.0. The summed E-state index contributed by atoms with van der Waals surface area (Å²) in [6, 6.07) is 5.04. The Balaban J connectivity index is 1.29. The monoisotopic (exact) mass is 474 g/mol. The molecule has 34 heavy (non-hydrogen) atoms. The third-order valence-electron chi connectivity index (χ3n) is 7.04. The normalized spacial score (nSPS) is 20.6. The highest BCUT2D eigenvalue weighted by molar-refractivity contribution is 5.81. The van der Waals surface area contributed by atoms with Crippen LogP contribution in [0.15, 0.2) is 18.2 Å². The van der Waals surface area contributed by atoms with Gasteiger partial charge >= 0.3 is 0 Å². The molecule has 4 rings (SSSR count). The van der Waals surface area contributed by atoms with E-state index in [0.29, 0.717) is 81.5 Å². The molecular weight excluding hydrogens is 436 g/mol. The van der Waals surface area contributed by atoms with Crippen LogP contribution in [0, 0.1) is 5.92 Å². The molecule has 3 aliphatic rings. The fraction of sp³-hybridized carbons (Fsp3) is 0.692. The summed E-state index contributed by atoms with van der Waals surface area (Å²) in [4.78, 5) is 27.4. The zero-order chi connectivity index (χ0) is 23.8. The fourth-order valence-corrected chi connectivity index (χ4v) is 5.03. The van der Waals surface area contributed by atoms with Crippen LogP contribution in [0.4, 0.5) is 0 Å². The van der Waals surface area contributed by atoms with Crippen molar-refractivity contribution in [3.05, 3.63) is 23.8 Å². The zero-order valence-electron chi connectivity index (χ0n) is 20.0. The first-order valence-electron chi connectivity index (χ1n) is 12.8. The molecule has 2 unspecified atom stereocenters. The van der Waals surface area contributed by atoms with Gasteiger partial charge in [0.25, 0.3) is 0 Å². The Morgan fingerprint density at radius 2 is 1.71 bits per heavy atom. The molecule has 3 heterocycles. The lowest BCUT2D eigenvalue weighted by Gasteiger charge is -2.29. The Morgan fingerprint density at radius 3 is 2.47 bits per heavy atom. The predicted octanol–water partition coefficient (Wildman–Crippen LogP) is 2.63. The molecule has 1 aromatic rings. The smallest absolute Gasteiger partial charge is 0.220 e. The average Bonchev–Trinajstić information content (AvgIpc) is 3.39. The van der Waals surface area contributed by atoms with Crippen molar-refractivity contribution in [3.63, 3.8) is 0 Å². The molecule has 8 heteroatoms. The van der Waals surface area contributed by atoms with E-state index in [4.69, 9.17) is 14.2 Å². The first-order chi connectivity index (χ1) is 16.6. The molecule has 2 fully saturated rings. The van der Waals surface area contributed by atoms with Crippen LogP contribution in [-0.4, -0.2) is 73.8 Å². The molecule has 0 aliphatic carbocycles. The third kappa shape index (κ3) is 6.93. The second-order valence-corrected chi connectivity index (χ2v) is 9.59. The minimum atomic E-state index is -0.851. The second-order valence-electron chi connectivity index (χ2n) is 9.59. The molecule has 0 saturated carbocycles. The van der Waals surface area contributed by atoms with Crippen LogP contribution >= 0.6 is 0 Å². The number of fused-ring (bicyclic) bond motifs is 1. The number of likely N-dealkylation sites (tertiary alicyclic amines) is 1. The standard InChI is InChI=1S/C26H38N2O6/c29-22(19-9-13-32-14-10-19)5-1-2-6-25(30)27-21(18-28-11-3-4-12-28)26(31)20-7-8-23-24(17-20)34-16-15-33-23/h7-8,17,19,21,26,31H,1-6,9-16,18H2,(H,27,30). The fourth-order valence-electron chi connectivity index (χ4n) is 5.03. The van der Waals surface area contributed by atoms with Gasteiger partial charge in [-0.1, -0.05) is 6.07 Å². The number of nitrogens with one attached hydrogen (secondary N) is 1. The summed E-state index contributed by atoms with van der Waals surface area (Å²) in [5, 5.41) is 14.3. The topological polar surface area (TPSA) is 97.3 Å². The molecule has 2 N–H and O–H groups in total. The van der Waals surface area contributed by atoms with Crippen molar-refractivity contribution < 1.29 is 28.9 Å². The molecule has 1 amide bonds. The van der Waals surface area contributed by atoms with Gasteiger partial charge in [-0.05, 0) is 69.3 Å². The van der Waals surface area contributed by atoms with E-state index in [1.807, 2.05) is 18.2 Å². The number of Topliss-reactive ketones (excluding diaryl/α,β-unsaturated/α-hetero) is 1. The van der Waals surface area contributed by atoms with Crippen molar-refractivity contribution in [3.8, 4) is 11.5 Å². The maximum Gasteiger partial charge on any atom is 0.220 e. The third-order valence-corrected chi connectivity index (χ3v) is 7.04. The molecule has 188 valence electrons. The van der Waals surface area contributed by atoms with Gasteiger partial charge in [0.15, 0.2) is 11.5 Å². The van der Waals surface area contributed by atoms with E-state index in [1.54, 1.807) is 0 Å². The molecule has 3 aliphatic heterocycles. The van der Waals surface area contributed by atoms with Gasteiger partial charge in [0.05, 0.1) is 6.04 Å². The van der Waals surface area contributed by atoms with Gasteiger partial charge in [-0.2, -0.15) is 0 Å². The molecule has 0 aromatic heterocycles. The average molecular weight is 475 g/mol. The number of amides is 1. The summed E-state index contributed by atoms with van der Waals surface area (Å²) in [5.74, 6) is 1.64. The highest BCUT2D eigenvalue weighted by atomic mass is 16.6. The number of hydrogen-bond acceptors (Lipinski definition) is 7.